The summed E-state index contributed by atoms with van der Waals surface area (Å²) in [7, 11) is -2.31. The van der Waals surface area contributed by atoms with Crippen molar-refractivity contribution in [1.82, 2.24) is 4.31 Å². The van der Waals surface area contributed by atoms with Crippen LogP contribution < -0.4 is 10.1 Å². The summed E-state index contributed by atoms with van der Waals surface area (Å²) in [5.74, 6) is 0.244. The summed E-state index contributed by atoms with van der Waals surface area (Å²) in [5, 5.41) is 2.75. The number of hydrogen-bond acceptors (Lipinski definition) is 4. The lowest BCUT2D eigenvalue weighted by Crippen LogP contribution is -2.37. The second-order valence-electron chi connectivity index (χ2n) is 7.35. The Balaban J connectivity index is 1.84. The molecular weight excluding hydrogens is 412 g/mol. The highest BCUT2D eigenvalue weighted by Gasteiger charge is 2.27. The van der Waals surface area contributed by atoms with Gasteiger partial charge in [0.05, 0.1) is 18.6 Å². The number of nitrogens with zero attached hydrogens (tertiary/aromatic N) is 1. The third-order valence-electron chi connectivity index (χ3n) is 4.83. The lowest BCUT2D eigenvalue weighted by atomic mass is 10.1. The van der Waals surface area contributed by atoms with E-state index in [9.17, 15) is 13.2 Å². The topological polar surface area (TPSA) is 75.7 Å². The molecule has 7 heteroatoms. The highest BCUT2D eigenvalue weighted by atomic mass is 32.2. The molecule has 0 fully saturated rings. The van der Waals surface area contributed by atoms with Crippen LogP contribution >= 0.6 is 0 Å². The number of benzene rings is 3. The van der Waals surface area contributed by atoms with Crippen LogP contribution in [0.25, 0.3) is 0 Å². The van der Waals surface area contributed by atoms with Crippen molar-refractivity contribution in [2.45, 2.75) is 25.3 Å². The lowest BCUT2D eigenvalue weighted by Gasteiger charge is -2.22. The average molecular weight is 439 g/mol. The molecule has 3 aromatic carbocycles. The lowest BCUT2D eigenvalue weighted by molar-refractivity contribution is -0.116. The molecule has 31 heavy (non-hydrogen) atoms. The third kappa shape index (κ3) is 5.93. The van der Waals surface area contributed by atoms with Crippen LogP contribution in [-0.2, 0) is 21.4 Å². The van der Waals surface area contributed by atoms with Gasteiger partial charge in [0.25, 0.3) is 0 Å². The van der Waals surface area contributed by atoms with E-state index in [0.717, 1.165) is 16.7 Å². The van der Waals surface area contributed by atoms with Gasteiger partial charge in [-0.1, -0.05) is 47.5 Å². The molecule has 0 aliphatic rings. The quantitative estimate of drug-likeness (QED) is 0.574. The van der Waals surface area contributed by atoms with Gasteiger partial charge >= 0.3 is 0 Å². The number of carbonyl (C=O) groups excluding carboxylic acids is 1. The van der Waals surface area contributed by atoms with Crippen molar-refractivity contribution < 1.29 is 17.9 Å². The Morgan fingerprint density at radius 1 is 0.871 bits per heavy atom. The molecule has 0 bridgehead atoms. The van der Waals surface area contributed by atoms with Gasteiger partial charge in [-0.05, 0) is 55.8 Å². The van der Waals surface area contributed by atoms with Gasteiger partial charge in [0.15, 0.2) is 0 Å². The molecule has 1 amide bonds. The number of amides is 1. The van der Waals surface area contributed by atoms with Gasteiger partial charge in [-0.25, -0.2) is 8.42 Å². The molecule has 3 aromatic rings. The zero-order valence-electron chi connectivity index (χ0n) is 17.8. The van der Waals surface area contributed by atoms with E-state index in [0.29, 0.717) is 11.4 Å². The van der Waals surface area contributed by atoms with Crippen molar-refractivity contribution in [3.63, 3.8) is 0 Å². The molecule has 0 aliphatic carbocycles. The van der Waals surface area contributed by atoms with Crippen LogP contribution in [0.1, 0.15) is 16.7 Å². The maximum Gasteiger partial charge on any atom is 0.243 e. The first-order chi connectivity index (χ1) is 14.8. The van der Waals surface area contributed by atoms with Crippen LogP contribution in [0, 0.1) is 13.8 Å². The summed E-state index contributed by atoms with van der Waals surface area (Å²) in [6.07, 6.45) is 0. The van der Waals surface area contributed by atoms with E-state index in [4.69, 9.17) is 4.74 Å². The molecule has 0 atom stereocenters. The summed E-state index contributed by atoms with van der Waals surface area (Å²) >= 11 is 0. The number of anilines is 1. The molecule has 0 saturated carbocycles. The van der Waals surface area contributed by atoms with Crippen LogP contribution in [0.3, 0.4) is 0 Å². The van der Waals surface area contributed by atoms with Crippen LogP contribution in [0.2, 0.25) is 0 Å². The smallest absolute Gasteiger partial charge is 0.243 e. The van der Waals surface area contributed by atoms with Crippen molar-refractivity contribution in [2.24, 2.45) is 0 Å². The van der Waals surface area contributed by atoms with Crippen LogP contribution in [0.15, 0.2) is 77.7 Å². The zero-order valence-corrected chi connectivity index (χ0v) is 18.6. The van der Waals surface area contributed by atoms with Crippen molar-refractivity contribution in [2.75, 3.05) is 19.0 Å². The van der Waals surface area contributed by atoms with Crippen LogP contribution in [0.5, 0.6) is 5.75 Å². The van der Waals surface area contributed by atoms with E-state index < -0.39 is 15.9 Å². The zero-order chi connectivity index (χ0) is 22.4. The summed E-state index contributed by atoms with van der Waals surface area (Å²) in [6, 6.07) is 21.1. The number of ether oxygens (including phenoxy) is 1. The van der Waals surface area contributed by atoms with Gasteiger partial charge in [0, 0.05) is 12.2 Å². The molecule has 3 rings (SSSR count). The average Bonchev–Trinajstić information content (AvgIpc) is 2.75. The molecule has 0 heterocycles. The number of sulfonamides is 1. The van der Waals surface area contributed by atoms with Crippen molar-refractivity contribution >= 4 is 21.6 Å². The predicted molar refractivity (Wildman–Crippen MR) is 122 cm³/mol. The Bertz CT molecular complexity index is 1120. The number of aryl methyl sites for hydroxylation is 2. The largest absolute Gasteiger partial charge is 0.497 e. The maximum atomic E-state index is 13.3. The summed E-state index contributed by atoms with van der Waals surface area (Å²) in [4.78, 5) is 12.9. The van der Waals surface area contributed by atoms with Gasteiger partial charge in [-0.3, -0.25) is 4.79 Å². The summed E-state index contributed by atoms with van der Waals surface area (Å²) in [6.45, 7) is 3.64. The van der Waals surface area contributed by atoms with E-state index in [2.05, 4.69) is 5.32 Å². The van der Waals surface area contributed by atoms with Crippen LogP contribution in [-0.4, -0.2) is 32.3 Å². The molecule has 0 unspecified atom stereocenters. The molecule has 0 aliphatic heterocycles. The summed E-state index contributed by atoms with van der Waals surface area (Å²) < 4.78 is 32.9. The molecule has 162 valence electrons. The summed E-state index contributed by atoms with van der Waals surface area (Å²) in [5.41, 5.74) is 3.41. The Kier molecular flexibility index (Phi) is 7.09. The molecule has 0 saturated heterocycles. The van der Waals surface area contributed by atoms with Crippen molar-refractivity contribution in [3.05, 3.63) is 89.5 Å². The number of rotatable bonds is 8. The van der Waals surface area contributed by atoms with E-state index in [-0.39, 0.29) is 18.0 Å². The first-order valence-electron chi connectivity index (χ1n) is 9.84. The van der Waals surface area contributed by atoms with E-state index in [1.165, 1.54) is 4.31 Å². The Labute approximate surface area is 183 Å². The molecule has 6 nitrogen and oxygen atoms in total. The highest BCUT2D eigenvalue weighted by Crippen LogP contribution is 2.20. The molecule has 0 spiro atoms. The minimum Gasteiger partial charge on any atom is -0.497 e. The third-order valence-corrected chi connectivity index (χ3v) is 6.64. The fourth-order valence-electron chi connectivity index (χ4n) is 3.02. The van der Waals surface area contributed by atoms with Gasteiger partial charge in [0.2, 0.25) is 15.9 Å². The monoisotopic (exact) mass is 438 g/mol. The Morgan fingerprint density at radius 2 is 1.42 bits per heavy atom. The minimum absolute atomic E-state index is 0.0898. The van der Waals surface area contributed by atoms with Gasteiger partial charge in [-0.15, -0.1) is 0 Å². The van der Waals surface area contributed by atoms with Gasteiger partial charge < -0.3 is 10.1 Å². The number of methoxy groups -OCH3 is 1. The fraction of sp³-hybridized carbons (Fsp3) is 0.208. The number of nitrogens with one attached hydrogen (secondary N) is 1. The van der Waals surface area contributed by atoms with Crippen molar-refractivity contribution in [1.29, 1.82) is 0 Å². The van der Waals surface area contributed by atoms with Crippen molar-refractivity contribution in [3.8, 4) is 5.75 Å². The normalized spacial score (nSPS) is 11.4. The first-order valence-corrected chi connectivity index (χ1v) is 11.3. The maximum absolute atomic E-state index is 13.3. The minimum atomic E-state index is -3.87. The molecular formula is C24H26N2O4S. The number of hydrogen-bond donors (Lipinski definition) is 1. The van der Waals surface area contributed by atoms with Gasteiger partial charge in [0.1, 0.15) is 5.75 Å². The van der Waals surface area contributed by atoms with Crippen LogP contribution in [0.4, 0.5) is 5.69 Å². The molecule has 1 N–H and O–H groups in total. The van der Waals surface area contributed by atoms with E-state index in [1.54, 1.807) is 55.6 Å². The fourth-order valence-corrected chi connectivity index (χ4v) is 4.40. The second kappa shape index (κ2) is 9.76. The first kappa shape index (κ1) is 22.5. The molecule has 0 aromatic heterocycles. The van der Waals surface area contributed by atoms with Gasteiger partial charge in [-0.2, -0.15) is 4.31 Å². The SMILES string of the molecule is COc1ccc(NC(=O)CN(Cc2ccc(C)cc2)S(=O)(=O)c2ccc(C)cc2)cc1. The van der Waals surface area contributed by atoms with E-state index in [1.807, 2.05) is 38.1 Å². The number of carbonyl (C=O) groups is 1. The Morgan fingerprint density at radius 3 is 1.97 bits per heavy atom. The second-order valence-corrected chi connectivity index (χ2v) is 9.29. The standard InChI is InChI=1S/C24H26N2O4S/c1-18-4-8-20(9-5-18)16-26(31(28,29)23-14-6-19(2)7-15-23)17-24(27)25-21-10-12-22(30-3)13-11-21/h4-15H,16-17H2,1-3H3,(H,25,27). The van der Waals surface area contributed by atoms with E-state index >= 15 is 0 Å². The Hall–Kier alpha value is -3.16. The molecule has 0 radical (unpaired) electrons. The highest BCUT2D eigenvalue weighted by molar-refractivity contribution is 7.89. The predicted octanol–water partition coefficient (Wildman–Crippen LogP) is 4.14.